The van der Waals surface area contributed by atoms with Crippen molar-refractivity contribution < 1.29 is 0 Å². The average Bonchev–Trinajstić information content (AvgIpc) is 2.79. The molecule has 2 unspecified atom stereocenters. The van der Waals surface area contributed by atoms with Gasteiger partial charge in [-0.2, -0.15) is 16.9 Å². The minimum Gasteiger partial charge on any atom is -0.308 e. The summed E-state index contributed by atoms with van der Waals surface area (Å²) in [5, 5.41) is 8.22. The van der Waals surface area contributed by atoms with Gasteiger partial charge in [0.25, 0.3) is 0 Å². The summed E-state index contributed by atoms with van der Waals surface area (Å²) in [5.41, 5.74) is 1.28. The molecule has 20 heavy (non-hydrogen) atoms. The molecule has 4 nitrogen and oxygen atoms in total. The molecule has 1 saturated heterocycles. The van der Waals surface area contributed by atoms with Crippen LogP contribution < -0.4 is 5.32 Å². The van der Waals surface area contributed by atoms with E-state index >= 15 is 0 Å². The molecule has 1 aromatic heterocycles. The van der Waals surface area contributed by atoms with E-state index in [2.05, 4.69) is 75.5 Å². The van der Waals surface area contributed by atoms with Crippen LogP contribution in [-0.4, -0.2) is 52.4 Å². The first kappa shape index (κ1) is 16.3. The Balaban J connectivity index is 2.34. The molecule has 1 fully saturated rings. The monoisotopic (exact) mass is 360 g/mol. The van der Waals surface area contributed by atoms with Crippen LogP contribution in [0, 0.1) is 0 Å². The zero-order valence-corrected chi connectivity index (χ0v) is 15.2. The largest absolute Gasteiger partial charge is 0.308 e. The molecular formula is C14H25BrN4S. The molecule has 0 aromatic carbocycles. The zero-order valence-electron chi connectivity index (χ0n) is 12.8. The molecule has 6 heteroatoms. The molecule has 2 heterocycles. The number of aromatic nitrogens is 2. The molecule has 1 N–H and O–H groups in total. The lowest BCUT2D eigenvalue weighted by molar-refractivity contribution is 0.209. The number of likely N-dealkylation sites (N-methyl/N-ethyl adjacent to an activating group) is 2. The van der Waals surface area contributed by atoms with Gasteiger partial charge in [0.15, 0.2) is 0 Å². The van der Waals surface area contributed by atoms with Crippen LogP contribution in [0.3, 0.4) is 0 Å². The zero-order chi connectivity index (χ0) is 14.7. The Bertz CT molecular complexity index is 435. The van der Waals surface area contributed by atoms with Gasteiger partial charge in [-0.15, -0.1) is 0 Å². The summed E-state index contributed by atoms with van der Waals surface area (Å²) in [5.74, 6) is 2.40. The van der Waals surface area contributed by atoms with Crippen molar-refractivity contribution in [3.05, 3.63) is 16.4 Å². The number of halogens is 1. The highest BCUT2D eigenvalue weighted by Gasteiger charge is 2.32. The molecule has 1 aromatic rings. The molecule has 0 bridgehead atoms. The Labute approximate surface area is 134 Å². The number of hydrogen-bond acceptors (Lipinski definition) is 4. The third-order valence-corrected chi connectivity index (χ3v) is 5.48. The highest BCUT2D eigenvalue weighted by molar-refractivity contribution is 9.10. The van der Waals surface area contributed by atoms with E-state index in [1.54, 1.807) is 0 Å². The Hall–Kier alpha value is -0.0400. The van der Waals surface area contributed by atoms with Gasteiger partial charge in [-0.3, -0.25) is 9.58 Å². The van der Waals surface area contributed by atoms with Gasteiger partial charge in [-0.25, -0.2) is 0 Å². The van der Waals surface area contributed by atoms with Crippen LogP contribution in [0.2, 0.25) is 0 Å². The van der Waals surface area contributed by atoms with Crippen LogP contribution in [0.4, 0.5) is 0 Å². The molecule has 0 spiro atoms. The second-order valence-electron chi connectivity index (χ2n) is 5.57. The maximum Gasteiger partial charge on any atom is 0.0715 e. The number of thioether (sulfide) groups is 1. The maximum absolute atomic E-state index is 4.54. The first-order valence-electron chi connectivity index (χ1n) is 7.30. The number of hydrogen-bond donors (Lipinski definition) is 1. The third kappa shape index (κ3) is 3.40. The topological polar surface area (TPSA) is 33.1 Å². The summed E-state index contributed by atoms with van der Waals surface area (Å²) >= 11 is 5.75. The summed E-state index contributed by atoms with van der Waals surface area (Å²) in [6, 6.07) is 1.20. The van der Waals surface area contributed by atoms with Crippen molar-refractivity contribution >= 4 is 27.7 Å². The fourth-order valence-corrected chi connectivity index (χ4v) is 4.54. The van der Waals surface area contributed by atoms with E-state index in [0.717, 1.165) is 17.6 Å². The van der Waals surface area contributed by atoms with Crippen LogP contribution in [0.25, 0.3) is 0 Å². The van der Waals surface area contributed by atoms with Crippen molar-refractivity contribution in [2.45, 2.75) is 38.9 Å². The highest BCUT2D eigenvalue weighted by atomic mass is 79.9. The summed E-state index contributed by atoms with van der Waals surface area (Å²) < 4.78 is 3.26. The van der Waals surface area contributed by atoms with Gasteiger partial charge in [0, 0.05) is 30.1 Å². The fraction of sp³-hybridized carbons (Fsp3) is 0.786. The number of nitrogens with zero attached hydrogens (tertiary/aromatic N) is 3. The van der Waals surface area contributed by atoms with E-state index in [0.29, 0.717) is 18.1 Å². The molecule has 2 atom stereocenters. The fourth-order valence-electron chi connectivity index (χ4n) is 2.74. The van der Waals surface area contributed by atoms with E-state index in [4.69, 9.17) is 0 Å². The molecule has 0 radical (unpaired) electrons. The van der Waals surface area contributed by atoms with E-state index in [-0.39, 0.29) is 0 Å². The molecular weight excluding hydrogens is 336 g/mol. The molecule has 0 aliphatic carbocycles. The third-order valence-electron chi connectivity index (χ3n) is 3.82. The second kappa shape index (κ2) is 7.29. The second-order valence-corrected chi connectivity index (χ2v) is 7.58. The summed E-state index contributed by atoms with van der Waals surface area (Å²) in [4.78, 5) is 2.48. The van der Waals surface area contributed by atoms with E-state index in [1.165, 1.54) is 17.2 Å². The van der Waals surface area contributed by atoms with Crippen LogP contribution >= 0.6 is 27.7 Å². The standard InChI is InChI=1S/C14H25BrN4S/c1-5-16-13(12-9-20-7-6-18(12)4)14-11(15)8-17-19(14)10(2)3/h8,10,12-13,16H,5-7,9H2,1-4H3. The normalized spacial score (nSPS) is 22.4. The molecule has 1 aliphatic heterocycles. The van der Waals surface area contributed by atoms with Gasteiger partial charge in [0.2, 0.25) is 0 Å². The van der Waals surface area contributed by atoms with Crippen molar-refractivity contribution in [2.24, 2.45) is 0 Å². The molecule has 0 amide bonds. The lowest BCUT2D eigenvalue weighted by Crippen LogP contribution is -2.48. The lowest BCUT2D eigenvalue weighted by Gasteiger charge is -2.38. The predicted octanol–water partition coefficient (Wildman–Crippen LogP) is 2.92. The van der Waals surface area contributed by atoms with Crippen molar-refractivity contribution in [1.82, 2.24) is 20.0 Å². The van der Waals surface area contributed by atoms with Gasteiger partial charge in [-0.1, -0.05) is 6.92 Å². The SMILES string of the molecule is CCNC(c1c(Br)cnn1C(C)C)C1CSCCN1C. The Morgan fingerprint density at radius 2 is 2.30 bits per heavy atom. The minimum absolute atomic E-state index is 0.317. The van der Waals surface area contributed by atoms with Crippen molar-refractivity contribution in [1.29, 1.82) is 0 Å². The average molecular weight is 361 g/mol. The lowest BCUT2D eigenvalue weighted by atomic mass is 10.0. The van der Waals surface area contributed by atoms with Crippen LogP contribution in [-0.2, 0) is 0 Å². The van der Waals surface area contributed by atoms with Gasteiger partial charge in [0.1, 0.15) is 0 Å². The maximum atomic E-state index is 4.54. The first-order chi connectivity index (χ1) is 9.56. The van der Waals surface area contributed by atoms with Gasteiger partial charge >= 0.3 is 0 Å². The van der Waals surface area contributed by atoms with E-state index in [1.807, 2.05) is 6.20 Å². The van der Waals surface area contributed by atoms with Gasteiger partial charge < -0.3 is 5.32 Å². The Kier molecular flexibility index (Phi) is 5.95. The Morgan fingerprint density at radius 3 is 2.90 bits per heavy atom. The summed E-state index contributed by atoms with van der Waals surface area (Å²) in [6.45, 7) is 8.67. The molecule has 114 valence electrons. The minimum atomic E-state index is 0.317. The molecule has 0 saturated carbocycles. The number of rotatable bonds is 5. The van der Waals surface area contributed by atoms with Crippen molar-refractivity contribution in [3.63, 3.8) is 0 Å². The highest BCUT2D eigenvalue weighted by Crippen LogP contribution is 2.32. The van der Waals surface area contributed by atoms with Gasteiger partial charge in [0.05, 0.1) is 22.4 Å². The predicted molar refractivity (Wildman–Crippen MR) is 90.5 cm³/mol. The quantitative estimate of drug-likeness (QED) is 0.874. The first-order valence-corrected chi connectivity index (χ1v) is 9.25. The Morgan fingerprint density at radius 1 is 1.55 bits per heavy atom. The van der Waals surface area contributed by atoms with Crippen LogP contribution in [0.5, 0.6) is 0 Å². The van der Waals surface area contributed by atoms with Crippen LogP contribution in [0.1, 0.15) is 38.5 Å². The molecule has 2 rings (SSSR count). The number of nitrogens with one attached hydrogen (secondary N) is 1. The van der Waals surface area contributed by atoms with Crippen molar-refractivity contribution in [3.8, 4) is 0 Å². The summed E-state index contributed by atoms with van der Waals surface area (Å²) in [7, 11) is 2.23. The van der Waals surface area contributed by atoms with Crippen LogP contribution in [0.15, 0.2) is 10.7 Å². The smallest absolute Gasteiger partial charge is 0.0715 e. The van der Waals surface area contributed by atoms with Crippen molar-refractivity contribution in [2.75, 3.05) is 31.6 Å². The summed E-state index contributed by atoms with van der Waals surface area (Å²) in [6.07, 6.45) is 1.93. The van der Waals surface area contributed by atoms with Gasteiger partial charge in [-0.05, 0) is 43.4 Å². The molecule has 1 aliphatic rings. The van der Waals surface area contributed by atoms with E-state index < -0.39 is 0 Å². The van der Waals surface area contributed by atoms with E-state index in [9.17, 15) is 0 Å².